The van der Waals surface area contributed by atoms with E-state index in [0.29, 0.717) is 6.04 Å². The van der Waals surface area contributed by atoms with Crippen LogP contribution in [0.15, 0.2) is 0 Å². The van der Waals surface area contributed by atoms with Crippen LogP contribution in [0, 0.1) is 0 Å². The summed E-state index contributed by atoms with van der Waals surface area (Å²) in [5.41, 5.74) is 0. The average molecular weight is 159 g/mol. The van der Waals surface area contributed by atoms with Crippen molar-refractivity contribution < 1.29 is 9.84 Å². The molecule has 0 bridgehead atoms. The highest BCUT2D eigenvalue weighted by Crippen LogP contribution is 2.20. The van der Waals surface area contributed by atoms with Gasteiger partial charge in [0.25, 0.3) is 0 Å². The number of aliphatic hydroxyl groups is 1. The molecular formula is C8H17NO2. The Morgan fingerprint density at radius 2 is 2.00 bits per heavy atom. The monoisotopic (exact) mass is 159 g/mol. The predicted molar refractivity (Wildman–Crippen MR) is 43.3 cm³/mol. The van der Waals surface area contributed by atoms with Gasteiger partial charge in [-0.2, -0.15) is 0 Å². The van der Waals surface area contributed by atoms with E-state index in [1.54, 1.807) is 0 Å². The Morgan fingerprint density at radius 3 is 2.45 bits per heavy atom. The lowest BCUT2D eigenvalue weighted by molar-refractivity contribution is -0.177. The van der Waals surface area contributed by atoms with Crippen molar-refractivity contribution in [2.45, 2.75) is 38.2 Å². The van der Waals surface area contributed by atoms with Gasteiger partial charge in [-0.1, -0.05) is 0 Å². The molecule has 1 unspecified atom stereocenters. The fourth-order valence-electron chi connectivity index (χ4n) is 1.63. The highest BCUT2D eigenvalue weighted by Gasteiger charge is 2.27. The Hall–Kier alpha value is -0.120. The van der Waals surface area contributed by atoms with Crippen LogP contribution in [0.25, 0.3) is 0 Å². The molecule has 1 rings (SSSR count). The van der Waals surface area contributed by atoms with Gasteiger partial charge in [-0.3, -0.25) is 0 Å². The van der Waals surface area contributed by atoms with Gasteiger partial charge < -0.3 is 14.7 Å². The minimum Gasteiger partial charge on any atom is -0.368 e. The van der Waals surface area contributed by atoms with Crippen molar-refractivity contribution in [3.8, 4) is 0 Å². The molecule has 66 valence electrons. The van der Waals surface area contributed by atoms with Crippen LogP contribution in [-0.2, 0) is 4.74 Å². The Kier molecular flexibility index (Phi) is 2.87. The maximum absolute atomic E-state index is 9.14. The van der Waals surface area contributed by atoms with Crippen molar-refractivity contribution in [2.24, 2.45) is 0 Å². The molecule has 1 fully saturated rings. The quantitative estimate of drug-likeness (QED) is 0.602. The van der Waals surface area contributed by atoms with Crippen molar-refractivity contribution in [3.63, 3.8) is 0 Å². The standard InChI is InChI=1S/C8H17NO2/c1-6-7(9(2)3)4-5-8(10)11-6/h6-8,10H,4-5H2,1-3H3/t6?,7-,8+/m0/s1. The molecule has 0 aromatic rings. The van der Waals surface area contributed by atoms with Crippen molar-refractivity contribution in [2.75, 3.05) is 14.1 Å². The number of aliphatic hydroxyl groups excluding tert-OH is 1. The van der Waals surface area contributed by atoms with E-state index in [9.17, 15) is 0 Å². The molecule has 3 atom stereocenters. The summed E-state index contributed by atoms with van der Waals surface area (Å²) in [6.07, 6.45) is 1.39. The first kappa shape index (κ1) is 8.97. The smallest absolute Gasteiger partial charge is 0.155 e. The Labute approximate surface area is 68.0 Å². The summed E-state index contributed by atoms with van der Waals surface area (Å²) in [5, 5.41) is 9.14. The number of hydrogen-bond donors (Lipinski definition) is 1. The number of likely N-dealkylation sites (N-methyl/N-ethyl adjacent to an activating group) is 1. The maximum Gasteiger partial charge on any atom is 0.155 e. The Balaban J connectivity index is 2.44. The lowest BCUT2D eigenvalue weighted by atomic mass is 10.0. The van der Waals surface area contributed by atoms with Crippen molar-refractivity contribution in [1.82, 2.24) is 4.90 Å². The predicted octanol–water partition coefficient (Wildman–Crippen LogP) is 0.434. The molecule has 0 spiro atoms. The first-order chi connectivity index (χ1) is 5.11. The summed E-state index contributed by atoms with van der Waals surface area (Å²) in [7, 11) is 4.09. The molecule has 1 aliphatic rings. The second kappa shape index (κ2) is 3.52. The zero-order valence-corrected chi connectivity index (χ0v) is 7.45. The van der Waals surface area contributed by atoms with E-state index in [1.165, 1.54) is 0 Å². The maximum atomic E-state index is 9.14. The first-order valence-corrected chi connectivity index (χ1v) is 4.11. The largest absolute Gasteiger partial charge is 0.368 e. The van der Waals surface area contributed by atoms with Crippen LogP contribution < -0.4 is 0 Å². The topological polar surface area (TPSA) is 32.7 Å². The molecule has 1 saturated heterocycles. The number of ether oxygens (including phenoxy) is 1. The van der Waals surface area contributed by atoms with Crippen LogP contribution >= 0.6 is 0 Å². The van der Waals surface area contributed by atoms with Crippen LogP contribution in [-0.4, -0.2) is 42.5 Å². The summed E-state index contributed by atoms with van der Waals surface area (Å²) in [4.78, 5) is 2.15. The molecular weight excluding hydrogens is 142 g/mol. The van der Waals surface area contributed by atoms with Crippen LogP contribution in [0.2, 0.25) is 0 Å². The van der Waals surface area contributed by atoms with Crippen molar-refractivity contribution >= 4 is 0 Å². The third kappa shape index (κ3) is 2.15. The second-order valence-corrected chi connectivity index (χ2v) is 3.40. The summed E-state index contributed by atoms with van der Waals surface area (Å²) in [6, 6.07) is 0.457. The average Bonchev–Trinajstić information content (AvgIpc) is 1.85. The fraction of sp³-hybridized carbons (Fsp3) is 1.00. The van der Waals surface area contributed by atoms with Crippen LogP contribution in [0.4, 0.5) is 0 Å². The van der Waals surface area contributed by atoms with E-state index < -0.39 is 6.29 Å². The summed E-state index contributed by atoms with van der Waals surface area (Å²) in [6.45, 7) is 2.01. The Morgan fingerprint density at radius 1 is 1.36 bits per heavy atom. The van der Waals surface area contributed by atoms with Crippen LogP contribution in [0.1, 0.15) is 19.8 Å². The second-order valence-electron chi connectivity index (χ2n) is 3.40. The lowest BCUT2D eigenvalue weighted by Gasteiger charge is -2.36. The molecule has 0 radical (unpaired) electrons. The number of rotatable bonds is 1. The van der Waals surface area contributed by atoms with E-state index in [4.69, 9.17) is 9.84 Å². The molecule has 1 aliphatic heterocycles. The van der Waals surface area contributed by atoms with Gasteiger partial charge in [-0.05, 0) is 33.9 Å². The minimum absolute atomic E-state index is 0.147. The normalized spacial score (nSPS) is 39.5. The van der Waals surface area contributed by atoms with Gasteiger partial charge >= 0.3 is 0 Å². The molecule has 11 heavy (non-hydrogen) atoms. The zero-order valence-electron chi connectivity index (χ0n) is 7.45. The highest BCUT2D eigenvalue weighted by atomic mass is 16.6. The molecule has 0 aromatic carbocycles. The highest BCUT2D eigenvalue weighted by molar-refractivity contribution is 4.77. The zero-order chi connectivity index (χ0) is 8.43. The minimum atomic E-state index is -0.541. The van der Waals surface area contributed by atoms with E-state index in [2.05, 4.69) is 4.90 Å². The van der Waals surface area contributed by atoms with Gasteiger partial charge in [0.1, 0.15) is 0 Å². The van der Waals surface area contributed by atoms with Gasteiger partial charge in [0, 0.05) is 6.04 Å². The van der Waals surface area contributed by atoms with Crippen molar-refractivity contribution in [3.05, 3.63) is 0 Å². The molecule has 3 nitrogen and oxygen atoms in total. The molecule has 1 N–H and O–H groups in total. The summed E-state index contributed by atoms with van der Waals surface area (Å²) >= 11 is 0. The summed E-state index contributed by atoms with van der Waals surface area (Å²) < 4.78 is 5.27. The lowest BCUT2D eigenvalue weighted by Crippen LogP contribution is -2.44. The van der Waals surface area contributed by atoms with Crippen LogP contribution in [0.5, 0.6) is 0 Å². The van der Waals surface area contributed by atoms with E-state index >= 15 is 0 Å². The molecule has 3 heteroatoms. The molecule has 0 saturated carbocycles. The first-order valence-electron chi connectivity index (χ1n) is 4.11. The van der Waals surface area contributed by atoms with Gasteiger partial charge in [0.15, 0.2) is 6.29 Å². The molecule has 0 amide bonds. The van der Waals surface area contributed by atoms with Gasteiger partial charge in [0.05, 0.1) is 6.10 Å². The Bertz CT molecular complexity index is 127. The molecule has 0 aromatic heterocycles. The summed E-state index contributed by atoms with van der Waals surface area (Å²) in [5.74, 6) is 0. The van der Waals surface area contributed by atoms with E-state index in [-0.39, 0.29) is 6.10 Å². The molecule has 0 aliphatic carbocycles. The number of hydrogen-bond acceptors (Lipinski definition) is 3. The van der Waals surface area contributed by atoms with Gasteiger partial charge in [-0.25, -0.2) is 0 Å². The van der Waals surface area contributed by atoms with Crippen LogP contribution in [0.3, 0.4) is 0 Å². The third-order valence-corrected chi connectivity index (χ3v) is 2.29. The molecule has 1 heterocycles. The van der Waals surface area contributed by atoms with Gasteiger partial charge in [-0.15, -0.1) is 0 Å². The third-order valence-electron chi connectivity index (χ3n) is 2.29. The number of nitrogens with zero attached hydrogens (tertiary/aromatic N) is 1. The van der Waals surface area contributed by atoms with E-state index in [0.717, 1.165) is 12.8 Å². The van der Waals surface area contributed by atoms with E-state index in [1.807, 2.05) is 21.0 Å². The van der Waals surface area contributed by atoms with Gasteiger partial charge in [0.2, 0.25) is 0 Å². The fourth-order valence-corrected chi connectivity index (χ4v) is 1.63. The van der Waals surface area contributed by atoms with Crippen molar-refractivity contribution in [1.29, 1.82) is 0 Å². The SMILES string of the molecule is CC1O[C@@H](O)CC[C@@H]1N(C)C.